The number of phenolic OH excluding ortho intramolecular Hbond substituents is 1. The van der Waals surface area contributed by atoms with Gasteiger partial charge in [-0.15, -0.1) is 0 Å². The third-order valence-corrected chi connectivity index (χ3v) is 8.01. The summed E-state index contributed by atoms with van der Waals surface area (Å²) in [6, 6.07) is 4.20. The van der Waals surface area contributed by atoms with Crippen LogP contribution in [-0.2, 0) is 28.7 Å². The fourth-order valence-electron chi connectivity index (χ4n) is 6.25. The first kappa shape index (κ1) is 24.0. The second kappa shape index (κ2) is 8.44. The van der Waals surface area contributed by atoms with Crippen LogP contribution >= 0.6 is 11.6 Å². The van der Waals surface area contributed by atoms with E-state index in [2.05, 4.69) is 9.47 Å². The topological polar surface area (TPSA) is 148 Å². The number of fused-ring (bicyclic) bond motifs is 4. The maximum absolute atomic E-state index is 13.4. The molecule has 12 heteroatoms. The molecule has 2 aliphatic carbocycles. The number of imide groups is 6. The summed E-state index contributed by atoms with van der Waals surface area (Å²) in [4.78, 5) is 78.3. The molecule has 0 aromatic heterocycles. The molecule has 1 aromatic carbocycles. The number of benzene rings is 1. The van der Waals surface area contributed by atoms with Crippen LogP contribution in [0, 0.1) is 29.6 Å². The zero-order valence-electron chi connectivity index (χ0n) is 19.2. The smallest absolute Gasteiger partial charge is 0.423 e. The van der Waals surface area contributed by atoms with Gasteiger partial charge in [0.25, 0.3) is 0 Å². The number of ether oxygens (including phenoxy) is 2. The van der Waals surface area contributed by atoms with Crippen molar-refractivity contribution in [2.45, 2.75) is 18.8 Å². The average Bonchev–Trinajstić information content (AvgIpc) is 3.26. The number of carbonyl (C=O) groups excluding carboxylic acids is 6. The van der Waals surface area contributed by atoms with Gasteiger partial charge in [0.1, 0.15) is 5.75 Å². The fraction of sp³-hybridized carbons (Fsp3) is 0.417. The summed E-state index contributed by atoms with van der Waals surface area (Å²) >= 11 is 6.46. The maximum Gasteiger partial charge on any atom is 0.423 e. The van der Waals surface area contributed by atoms with Gasteiger partial charge in [-0.05, 0) is 36.5 Å². The van der Waals surface area contributed by atoms with E-state index in [1.807, 2.05) is 0 Å². The summed E-state index contributed by atoms with van der Waals surface area (Å²) in [5.41, 5.74) is 1.04. The molecule has 6 amide bonds. The van der Waals surface area contributed by atoms with Gasteiger partial charge in [-0.3, -0.25) is 19.2 Å². The quantitative estimate of drug-likeness (QED) is 0.438. The van der Waals surface area contributed by atoms with Gasteiger partial charge in [-0.1, -0.05) is 29.3 Å². The van der Waals surface area contributed by atoms with Crippen LogP contribution in [0.4, 0.5) is 9.59 Å². The molecule has 3 fully saturated rings. The first-order valence-electron chi connectivity index (χ1n) is 11.2. The lowest BCUT2D eigenvalue weighted by Gasteiger charge is -2.44. The van der Waals surface area contributed by atoms with Crippen molar-refractivity contribution in [3.05, 3.63) is 40.4 Å². The highest BCUT2D eigenvalue weighted by atomic mass is 35.5. The summed E-state index contributed by atoms with van der Waals surface area (Å²) in [6.07, 6.45) is -0.317. The van der Waals surface area contributed by atoms with E-state index in [1.54, 1.807) is 6.08 Å². The minimum Gasteiger partial charge on any atom is -0.508 e. The van der Waals surface area contributed by atoms with E-state index in [4.69, 9.17) is 11.6 Å². The first-order chi connectivity index (χ1) is 17.1. The molecule has 1 aromatic rings. The van der Waals surface area contributed by atoms with E-state index in [-0.39, 0.29) is 23.6 Å². The van der Waals surface area contributed by atoms with Crippen LogP contribution in [0.1, 0.15) is 24.3 Å². The zero-order chi connectivity index (χ0) is 26.0. The Balaban J connectivity index is 1.65. The number of aromatic hydroxyl groups is 1. The summed E-state index contributed by atoms with van der Waals surface area (Å²) in [5, 5.41) is 10.00. The monoisotopic (exact) mass is 516 g/mol. The number of allylic oxidation sites excluding steroid dienone is 2. The normalized spacial score (nSPS) is 31.0. The first-order valence-corrected chi connectivity index (χ1v) is 11.6. The molecule has 2 heterocycles. The second-order valence-electron chi connectivity index (χ2n) is 9.19. The number of hydrogen-bond acceptors (Lipinski definition) is 9. The molecule has 0 spiro atoms. The molecule has 11 nitrogen and oxygen atoms in total. The third-order valence-electron chi connectivity index (χ3n) is 7.68. The maximum atomic E-state index is 13.4. The van der Waals surface area contributed by atoms with Crippen molar-refractivity contribution in [3.8, 4) is 5.75 Å². The van der Waals surface area contributed by atoms with Crippen molar-refractivity contribution >= 4 is 47.4 Å². The van der Waals surface area contributed by atoms with Gasteiger partial charge in [0.2, 0.25) is 23.6 Å². The highest BCUT2D eigenvalue weighted by Gasteiger charge is 2.64. The number of methoxy groups -OCH3 is 2. The van der Waals surface area contributed by atoms with E-state index >= 15 is 0 Å². The van der Waals surface area contributed by atoms with Gasteiger partial charge < -0.3 is 14.6 Å². The van der Waals surface area contributed by atoms with Gasteiger partial charge in [0.05, 0.1) is 37.9 Å². The number of nitrogens with zero attached hydrogens (tertiary/aromatic N) is 2. The Morgan fingerprint density at radius 1 is 0.889 bits per heavy atom. The minimum atomic E-state index is -1.12. The van der Waals surface area contributed by atoms with Crippen molar-refractivity contribution in [2.24, 2.45) is 29.6 Å². The van der Waals surface area contributed by atoms with Crippen LogP contribution in [0.15, 0.2) is 29.8 Å². The predicted molar refractivity (Wildman–Crippen MR) is 119 cm³/mol. The second-order valence-corrected chi connectivity index (χ2v) is 9.60. The zero-order valence-corrected chi connectivity index (χ0v) is 19.9. The van der Waals surface area contributed by atoms with Gasteiger partial charge >= 0.3 is 12.2 Å². The van der Waals surface area contributed by atoms with Crippen molar-refractivity contribution < 1.29 is 43.3 Å². The third kappa shape index (κ3) is 3.18. The van der Waals surface area contributed by atoms with Crippen LogP contribution < -0.4 is 0 Å². The Hall–Kier alpha value is -3.73. The Morgan fingerprint density at radius 3 is 2.06 bits per heavy atom. The van der Waals surface area contributed by atoms with E-state index < -0.39 is 71.3 Å². The summed E-state index contributed by atoms with van der Waals surface area (Å²) in [7, 11) is 2.11. The van der Waals surface area contributed by atoms with Gasteiger partial charge in [0.15, 0.2) is 0 Å². The number of hydrogen-bond donors (Lipinski definition) is 1. The number of amides is 6. The lowest BCUT2D eigenvalue weighted by atomic mass is 9.57. The lowest BCUT2D eigenvalue weighted by molar-refractivity contribution is -0.139. The summed E-state index contributed by atoms with van der Waals surface area (Å²) in [6.45, 7) is 0. The fourth-order valence-corrected chi connectivity index (χ4v) is 6.54. The molecule has 6 atom stereocenters. The molecule has 0 bridgehead atoms. The molecule has 1 N–H and O–H groups in total. The largest absolute Gasteiger partial charge is 0.508 e. The Bertz CT molecular complexity index is 1270. The summed E-state index contributed by atoms with van der Waals surface area (Å²) in [5.74, 6) is -8.33. The predicted octanol–water partition coefficient (Wildman–Crippen LogP) is 2.21. The molecule has 2 saturated heterocycles. The van der Waals surface area contributed by atoms with Crippen LogP contribution in [0.3, 0.4) is 0 Å². The summed E-state index contributed by atoms with van der Waals surface area (Å²) < 4.78 is 9.27. The van der Waals surface area contributed by atoms with Crippen molar-refractivity contribution in [2.75, 3.05) is 14.2 Å². The number of carbonyl (C=O) groups is 6. The molecule has 2 aliphatic heterocycles. The molecule has 0 radical (unpaired) electrons. The molecule has 36 heavy (non-hydrogen) atoms. The number of halogens is 1. The van der Waals surface area contributed by atoms with Crippen molar-refractivity contribution in [1.29, 1.82) is 0 Å². The van der Waals surface area contributed by atoms with E-state index in [9.17, 15) is 33.9 Å². The van der Waals surface area contributed by atoms with E-state index in [0.29, 0.717) is 20.9 Å². The van der Waals surface area contributed by atoms with Gasteiger partial charge in [-0.2, -0.15) is 9.80 Å². The lowest BCUT2D eigenvalue weighted by Crippen LogP contribution is -2.43. The molecule has 6 unspecified atom stereocenters. The molecule has 5 rings (SSSR count). The number of likely N-dealkylation sites (tertiary alicyclic amines) is 2. The van der Waals surface area contributed by atoms with Crippen LogP contribution in [0.25, 0.3) is 0 Å². The van der Waals surface area contributed by atoms with Gasteiger partial charge in [0, 0.05) is 10.9 Å². The highest BCUT2D eigenvalue weighted by molar-refractivity contribution is 6.31. The average molecular weight is 517 g/mol. The van der Waals surface area contributed by atoms with Gasteiger partial charge in [-0.25, -0.2) is 9.59 Å². The van der Waals surface area contributed by atoms with E-state index in [1.165, 1.54) is 18.2 Å². The Labute approximate surface area is 209 Å². The molecule has 188 valence electrons. The standard InChI is InChI=1S/C24H21ClN2O9/c1-35-23(33)26-19(29)12-6-5-10-13(17(12)21(26)31)8-14-18(22(32)27(20(14)30)24(34)36-2)16(10)11-4-3-9(28)7-15(11)25/h3-5,7,12-14,16-18,28H,6,8H2,1-2H3. The minimum absolute atomic E-state index is 0.00989. The molecule has 1 saturated carbocycles. The molecular formula is C24H21ClN2O9. The molecular weight excluding hydrogens is 496 g/mol. The van der Waals surface area contributed by atoms with E-state index in [0.717, 1.165) is 14.2 Å². The highest BCUT2D eigenvalue weighted by Crippen LogP contribution is 2.58. The number of phenols is 1. The Kier molecular flexibility index (Phi) is 5.62. The molecule has 4 aliphatic rings. The number of rotatable bonds is 1. The van der Waals surface area contributed by atoms with Crippen molar-refractivity contribution in [3.63, 3.8) is 0 Å². The van der Waals surface area contributed by atoms with Crippen molar-refractivity contribution in [1.82, 2.24) is 9.80 Å². The van der Waals surface area contributed by atoms with Crippen LogP contribution in [0.5, 0.6) is 5.75 Å². The van der Waals surface area contributed by atoms with Crippen LogP contribution in [0.2, 0.25) is 5.02 Å². The van der Waals surface area contributed by atoms with Crippen LogP contribution in [-0.4, -0.2) is 64.9 Å². The Morgan fingerprint density at radius 2 is 1.47 bits per heavy atom. The SMILES string of the molecule is COC(=O)N1C(=O)C2CC=C3C(CC4C(=O)N(C(=O)OC)C(=O)C4C3c3ccc(O)cc3Cl)C2C1=O.